The molecule has 1 amide bonds. The summed E-state index contributed by atoms with van der Waals surface area (Å²) in [6.45, 7) is 1.62. The molecule has 0 aliphatic heterocycles. The van der Waals surface area contributed by atoms with Crippen LogP contribution in [0.4, 0.5) is 5.69 Å². The molecule has 0 bridgehead atoms. The maximum absolute atomic E-state index is 11.7. The minimum absolute atomic E-state index is 0.204. The number of carbonyl (C=O) groups excluding carboxylic acids is 1. The number of carbonyl (C=O) groups is 2. The van der Waals surface area contributed by atoms with E-state index in [0.29, 0.717) is 11.3 Å². The van der Waals surface area contributed by atoms with E-state index in [9.17, 15) is 9.59 Å². The molecule has 1 unspecified atom stereocenters. The molecule has 0 saturated carbocycles. The van der Waals surface area contributed by atoms with E-state index in [0.717, 1.165) is 0 Å². The quantitative estimate of drug-likeness (QED) is 0.771. The van der Waals surface area contributed by atoms with Gasteiger partial charge in [-0.25, -0.2) is 0 Å². The first-order chi connectivity index (χ1) is 8.10. The molecular weight excluding hydrogens is 220 g/mol. The maximum atomic E-state index is 11.7. The zero-order chi connectivity index (χ0) is 12.8. The van der Waals surface area contributed by atoms with E-state index in [4.69, 9.17) is 10.4 Å². The van der Waals surface area contributed by atoms with Gasteiger partial charge < -0.3 is 10.4 Å². The van der Waals surface area contributed by atoms with Crippen LogP contribution in [0.5, 0.6) is 0 Å². The van der Waals surface area contributed by atoms with Crippen LogP contribution in [0.3, 0.4) is 0 Å². The van der Waals surface area contributed by atoms with Crippen LogP contribution in [-0.2, 0) is 9.59 Å². The Bertz CT molecular complexity index is 477. The number of nitrogens with one attached hydrogen (secondary N) is 1. The average Bonchev–Trinajstić information content (AvgIpc) is 2.30. The van der Waals surface area contributed by atoms with E-state index in [1.165, 1.54) is 0 Å². The average molecular weight is 232 g/mol. The van der Waals surface area contributed by atoms with Crippen molar-refractivity contribution in [1.29, 1.82) is 5.26 Å². The molecule has 0 radical (unpaired) electrons. The summed E-state index contributed by atoms with van der Waals surface area (Å²) in [4.78, 5) is 22.4. The summed E-state index contributed by atoms with van der Waals surface area (Å²) in [6.07, 6.45) is 0.204. The number of anilines is 1. The smallest absolute Gasteiger partial charge is 0.316 e. The van der Waals surface area contributed by atoms with Crippen molar-refractivity contribution in [3.05, 3.63) is 29.8 Å². The van der Waals surface area contributed by atoms with Crippen molar-refractivity contribution in [3.8, 4) is 6.07 Å². The fraction of sp³-hybridized carbons (Fsp3) is 0.250. The Morgan fingerprint density at radius 3 is 2.65 bits per heavy atom. The molecule has 1 rings (SSSR count). The van der Waals surface area contributed by atoms with E-state index in [-0.39, 0.29) is 6.42 Å². The molecule has 1 aromatic rings. The van der Waals surface area contributed by atoms with Crippen LogP contribution in [0, 0.1) is 17.2 Å². The molecule has 17 heavy (non-hydrogen) atoms. The van der Waals surface area contributed by atoms with E-state index in [1.807, 2.05) is 6.07 Å². The van der Waals surface area contributed by atoms with Gasteiger partial charge in [-0.2, -0.15) is 5.26 Å². The minimum Gasteiger partial charge on any atom is -0.481 e. The van der Waals surface area contributed by atoms with E-state index < -0.39 is 17.8 Å². The largest absolute Gasteiger partial charge is 0.481 e. The monoisotopic (exact) mass is 232 g/mol. The molecule has 0 aromatic heterocycles. The van der Waals surface area contributed by atoms with Crippen LogP contribution in [0.15, 0.2) is 24.3 Å². The predicted octanol–water partition coefficient (Wildman–Crippen LogP) is 1.61. The van der Waals surface area contributed by atoms with Crippen molar-refractivity contribution in [2.75, 3.05) is 5.32 Å². The fourth-order valence-electron chi connectivity index (χ4n) is 1.38. The summed E-state index contributed by atoms with van der Waals surface area (Å²) in [5.74, 6) is -2.87. The van der Waals surface area contributed by atoms with Crippen molar-refractivity contribution >= 4 is 17.6 Å². The van der Waals surface area contributed by atoms with Gasteiger partial charge in [-0.05, 0) is 18.6 Å². The molecule has 2 N–H and O–H groups in total. The van der Waals surface area contributed by atoms with Crippen LogP contribution >= 0.6 is 0 Å². The first kappa shape index (κ1) is 12.7. The van der Waals surface area contributed by atoms with E-state index >= 15 is 0 Å². The number of rotatable bonds is 4. The van der Waals surface area contributed by atoms with Gasteiger partial charge in [0.2, 0.25) is 5.91 Å². The summed E-state index contributed by atoms with van der Waals surface area (Å²) in [7, 11) is 0. The summed E-state index contributed by atoms with van der Waals surface area (Å²) in [6, 6.07) is 8.37. The highest BCUT2D eigenvalue weighted by atomic mass is 16.4. The van der Waals surface area contributed by atoms with Crippen LogP contribution in [0.1, 0.15) is 18.9 Å². The van der Waals surface area contributed by atoms with Crippen molar-refractivity contribution in [2.45, 2.75) is 13.3 Å². The highest BCUT2D eigenvalue weighted by Crippen LogP contribution is 2.15. The molecule has 1 atom stereocenters. The lowest BCUT2D eigenvalue weighted by atomic mass is 10.1. The third kappa shape index (κ3) is 3.05. The van der Waals surface area contributed by atoms with Gasteiger partial charge in [-0.3, -0.25) is 9.59 Å². The fourth-order valence-corrected chi connectivity index (χ4v) is 1.38. The van der Waals surface area contributed by atoms with Gasteiger partial charge in [0.15, 0.2) is 0 Å². The molecule has 0 spiro atoms. The summed E-state index contributed by atoms with van der Waals surface area (Å²) in [5.41, 5.74) is 0.640. The Morgan fingerprint density at radius 2 is 2.12 bits per heavy atom. The molecule has 0 aliphatic rings. The van der Waals surface area contributed by atoms with Crippen molar-refractivity contribution in [3.63, 3.8) is 0 Å². The Balaban J connectivity index is 2.88. The number of nitrogens with zero attached hydrogens (tertiary/aromatic N) is 1. The summed E-state index contributed by atoms with van der Waals surface area (Å²) < 4.78 is 0. The van der Waals surface area contributed by atoms with Gasteiger partial charge in [0.05, 0.1) is 11.3 Å². The van der Waals surface area contributed by atoms with E-state index in [2.05, 4.69) is 5.32 Å². The molecular formula is C12H12N2O3. The third-order valence-electron chi connectivity index (χ3n) is 2.33. The number of nitriles is 1. The zero-order valence-corrected chi connectivity index (χ0v) is 9.30. The van der Waals surface area contributed by atoms with Crippen LogP contribution in [0.2, 0.25) is 0 Å². The number of amides is 1. The highest BCUT2D eigenvalue weighted by Gasteiger charge is 2.24. The molecule has 0 aliphatic carbocycles. The number of para-hydroxylation sites is 1. The Morgan fingerprint density at radius 1 is 1.47 bits per heavy atom. The lowest BCUT2D eigenvalue weighted by Crippen LogP contribution is -2.29. The molecule has 88 valence electrons. The number of aliphatic carboxylic acids is 1. The number of carboxylic acid groups (broad SMARTS) is 1. The maximum Gasteiger partial charge on any atom is 0.316 e. The van der Waals surface area contributed by atoms with Gasteiger partial charge in [0, 0.05) is 0 Å². The van der Waals surface area contributed by atoms with Crippen LogP contribution in [-0.4, -0.2) is 17.0 Å². The van der Waals surface area contributed by atoms with Crippen LogP contribution in [0.25, 0.3) is 0 Å². The highest BCUT2D eigenvalue weighted by molar-refractivity contribution is 6.04. The van der Waals surface area contributed by atoms with Crippen molar-refractivity contribution in [1.82, 2.24) is 0 Å². The number of hydrogen-bond donors (Lipinski definition) is 2. The first-order valence-corrected chi connectivity index (χ1v) is 5.13. The minimum atomic E-state index is -1.17. The molecule has 5 nitrogen and oxygen atoms in total. The lowest BCUT2D eigenvalue weighted by Gasteiger charge is -2.11. The second-order valence-electron chi connectivity index (χ2n) is 3.45. The molecule has 0 saturated heterocycles. The summed E-state index contributed by atoms with van der Waals surface area (Å²) >= 11 is 0. The zero-order valence-electron chi connectivity index (χ0n) is 9.30. The predicted molar refractivity (Wildman–Crippen MR) is 61.2 cm³/mol. The standard InChI is InChI=1S/C12H12N2O3/c1-2-9(12(16)17)11(15)14-10-6-4-3-5-8(10)7-13/h3-6,9H,2H2,1H3,(H,14,15)(H,16,17). The lowest BCUT2D eigenvalue weighted by molar-refractivity contribution is -0.145. The van der Waals surface area contributed by atoms with Crippen LogP contribution < -0.4 is 5.32 Å². The Labute approximate surface area is 98.7 Å². The first-order valence-electron chi connectivity index (χ1n) is 5.13. The molecule has 1 aromatic carbocycles. The van der Waals surface area contributed by atoms with Crippen molar-refractivity contribution < 1.29 is 14.7 Å². The molecule has 0 fully saturated rings. The number of hydrogen-bond acceptors (Lipinski definition) is 3. The Kier molecular flexibility index (Phi) is 4.23. The van der Waals surface area contributed by atoms with Crippen molar-refractivity contribution in [2.24, 2.45) is 5.92 Å². The normalized spacial score (nSPS) is 11.3. The second-order valence-corrected chi connectivity index (χ2v) is 3.45. The summed E-state index contributed by atoms with van der Waals surface area (Å²) in [5, 5.41) is 20.1. The van der Waals surface area contributed by atoms with Gasteiger partial charge in [0.1, 0.15) is 12.0 Å². The van der Waals surface area contributed by atoms with E-state index in [1.54, 1.807) is 31.2 Å². The molecule has 5 heteroatoms. The number of benzene rings is 1. The van der Waals surface area contributed by atoms with Gasteiger partial charge >= 0.3 is 5.97 Å². The van der Waals surface area contributed by atoms with Gasteiger partial charge in [0.25, 0.3) is 0 Å². The molecule has 0 heterocycles. The van der Waals surface area contributed by atoms with Gasteiger partial charge in [-0.15, -0.1) is 0 Å². The topological polar surface area (TPSA) is 90.2 Å². The second kappa shape index (κ2) is 5.66. The SMILES string of the molecule is CCC(C(=O)O)C(=O)Nc1ccccc1C#N. The Hall–Kier alpha value is -2.35. The number of carboxylic acids is 1. The van der Waals surface area contributed by atoms with Gasteiger partial charge in [-0.1, -0.05) is 19.1 Å². The third-order valence-corrected chi connectivity index (χ3v) is 2.33.